The van der Waals surface area contributed by atoms with Gasteiger partial charge in [-0.05, 0) is 91.5 Å². The van der Waals surface area contributed by atoms with Gasteiger partial charge in [0.25, 0.3) is 0 Å². The van der Waals surface area contributed by atoms with Gasteiger partial charge < -0.3 is 9.64 Å². The van der Waals surface area contributed by atoms with E-state index >= 15 is 0 Å². The molecule has 0 saturated carbocycles. The lowest BCUT2D eigenvalue weighted by Gasteiger charge is -2.41. The van der Waals surface area contributed by atoms with Crippen molar-refractivity contribution in [2.24, 2.45) is 0 Å². The standard InChI is InChI=1S/C62H41NO/c1-4-21-42(22-5-1)46-27-13-18-36-57(46)63(45-39-40-50-49-30-10-14-31-51(49)61(56(50)41-45,43-23-6-2-7-24-43)44-25-8-3-9-26-44)58-37-20-35-55-60(58)64-59-38-19-17-34-54(59)62(55)52-32-15-11-28-47(52)48-29-12-16-33-53(48)62/h1-41H. The number of fused-ring (bicyclic) bond motifs is 12. The van der Waals surface area contributed by atoms with E-state index in [1.54, 1.807) is 0 Å². The van der Waals surface area contributed by atoms with Crippen molar-refractivity contribution < 1.29 is 4.74 Å². The Kier molecular flexibility index (Phi) is 8.07. The summed E-state index contributed by atoms with van der Waals surface area (Å²) in [6, 6.07) is 91.1. The molecule has 10 aromatic carbocycles. The third kappa shape index (κ3) is 4.97. The van der Waals surface area contributed by atoms with Crippen LogP contribution < -0.4 is 9.64 Å². The molecule has 0 atom stereocenters. The predicted molar refractivity (Wildman–Crippen MR) is 261 cm³/mol. The van der Waals surface area contributed by atoms with Crippen molar-refractivity contribution >= 4 is 17.1 Å². The fourth-order valence-corrected chi connectivity index (χ4v) is 11.5. The number of hydrogen-bond donors (Lipinski definition) is 0. The molecule has 2 heteroatoms. The molecule has 64 heavy (non-hydrogen) atoms. The molecular weight excluding hydrogens is 775 g/mol. The van der Waals surface area contributed by atoms with E-state index in [-0.39, 0.29) is 0 Å². The first kappa shape index (κ1) is 36.5. The van der Waals surface area contributed by atoms with E-state index in [0.717, 1.165) is 50.8 Å². The Morgan fingerprint density at radius 1 is 0.297 bits per heavy atom. The van der Waals surface area contributed by atoms with Crippen LogP contribution in [0.1, 0.15) is 44.5 Å². The summed E-state index contributed by atoms with van der Waals surface area (Å²) in [5, 5.41) is 0. The average Bonchev–Trinajstić information content (AvgIpc) is 3.83. The first-order valence-electron chi connectivity index (χ1n) is 22.2. The Morgan fingerprint density at radius 3 is 1.38 bits per heavy atom. The highest BCUT2D eigenvalue weighted by Gasteiger charge is 2.52. The van der Waals surface area contributed by atoms with Crippen LogP contribution in [0.25, 0.3) is 33.4 Å². The lowest BCUT2D eigenvalue weighted by molar-refractivity contribution is 0.437. The predicted octanol–water partition coefficient (Wildman–Crippen LogP) is 15.7. The highest BCUT2D eigenvalue weighted by molar-refractivity contribution is 5.96. The molecule has 3 aliphatic rings. The molecule has 1 heterocycles. The quantitative estimate of drug-likeness (QED) is 0.166. The maximum atomic E-state index is 7.38. The van der Waals surface area contributed by atoms with E-state index in [4.69, 9.17) is 4.74 Å². The van der Waals surface area contributed by atoms with Crippen molar-refractivity contribution in [3.63, 3.8) is 0 Å². The van der Waals surface area contributed by atoms with Crippen LogP contribution in [-0.4, -0.2) is 0 Å². The molecule has 0 fully saturated rings. The normalized spacial score (nSPS) is 14.0. The van der Waals surface area contributed by atoms with Gasteiger partial charge in [-0.15, -0.1) is 0 Å². The number of nitrogens with zero attached hydrogens (tertiary/aromatic N) is 1. The highest BCUT2D eigenvalue weighted by atomic mass is 16.5. The molecule has 2 nitrogen and oxygen atoms in total. The summed E-state index contributed by atoms with van der Waals surface area (Å²) in [5.41, 5.74) is 19.0. The molecular formula is C62H41NO. The number of benzene rings is 10. The van der Waals surface area contributed by atoms with Crippen LogP contribution in [0.2, 0.25) is 0 Å². The van der Waals surface area contributed by atoms with Crippen LogP contribution in [0.15, 0.2) is 249 Å². The van der Waals surface area contributed by atoms with Gasteiger partial charge in [0.05, 0.1) is 22.2 Å². The van der Waals surface area contributed by atoms with E-state index < -0.39 is 10.8 Å². The van der Waals surface area contributed by atoms with Crippen LogP contribution in [0.3, 0.4) is 0 Å². The van der Waals surface area contributed by atoms with Gasteiger partial charge in [-0.3, -0.25) is 0 Å². The summed E-state index contributed by atoms with van der Waals surface area (Å²) in [4.78, 5) is 2.46. The van der Waals surface area contributed by atoms with Gasteiger partial charge >= 0.3 is 0 Å². The smallest absolute Gasteiger partial charge is 0.156 e. The number of rotatable bonds is 6. The molecule has 0 bridgehead atoms. The Morgan fingerprint density at radius 2 is 0.750 bits per heavy atom. The second-order valence-electron chi connectivity index (χ2n) is 17.1. The maximum absolute atomic E-state index is 7.38. The molecule has 0 radical (unpaired) electrons. The van der Waals surface area contributed by atoms with Crippen molar-refractivity contribution in [2.45, 2.75) is 10.8 Å². The summed E-state index contributed by atoms with van der Waals surface area (Å²) >= 11 is 0. The van der Waals surface area contributed by atoms with E-state index in [1.165, 1.54) is 55.6 Å². The Balaban J connectivity index is 1.13. The number of ether oxygens (including phenoxy) is 1. The van der Waals surface area contributed by atoms with Crippen molar-refractivity contribution in [1.29, 1.82) is 0 Å². The zero-order chi connectivity index (χ0) is 42.2. The van der Waals surface area contributed by atoms with Crippen LogP contribution in [-0.2, 0) is 10.8 Å². The van der Waals surface area contributed by atoms with Gasteiger partial charge in [0.15, 0.2) is 5.75 Å². The summed E-state index contributed by atoms with van der Waals surface area (Å²) in [7, 11) is 0. The molecule has 0 amide bonds. The zero-order valence-corrected chi connectivity index (χ0v) is 35.0. The van der Waals surface area contributed by atoms with Gasteiger partial charge in [0, 0.05) is 22.4 Å². The fourth-order valence-electron chi connectivity index (χ4n) is 11.5. The van der Waals surface area contributed by atoms with Gasteiger partial charge in [-0.25, -0.2) is 0 Å². The summed E-state index contributed by atoms with van der Waals surface area (Å²) in [5.74, 6) is 1.71. The topological polar surface area (TPSA) is 12.5 Å². The van der Waals surface area contributed by atoms with Crippen molar-refractivity contribution in [3.8, 4) is 44.9 Å². The summed E-state index contributed by atoms with van der Waals surface area (Å²) in [6.45, 7) is 0. The van der Waals surface area contributed by atoms with Gasteiger partial charge in [0.1, 0.15) is 5.75 Å². The molecule has 10 aromatic rings. The van der Waals surface area contributed by atoms with Crippen molar-refractivity contribution in [1.82, 2.24) is 0 Å². The largest absolute Gasteiger partial charge is 0.454 e. The first-order chi connectivity index (χ1) is 31.8. The zero-order valence-electron chi connectivity index (χ0n) is 35.0. The van der Waals surface area contributed by atoms with Crippen LogP contribution in [0.5, 0.6) is 11.5 Å². The minimum absolute atomic E-state index is 0.568. The third-order valence-electron chi connectivity index (χ3n) is 14.0. The van der Waals surface area contributed by atoms with Crippen LogP contribution in [0, 0.1) is 0 Å². The van der Waals surface area contributed by atoms with E-state index in [1.807, 2.05) is 0 Å². The molecule has 1 aliphatic heterocycles. The Hall–Kier alpha value is -8.20. The second kappa shape index (κ2) is 14.2. The highest BCUT2D eigenvalue weighted by Crippen LogP contribution is 2.64. The fraction of sp³-hybridized carbons (Fsp3) is 0.0323. The molecule has 0 unspecified atom stereocenters. The molecule has 13 rings (SSSR count). The van der Waals surface area contributed by atoms with Gasteiger partial charge in [0.2, 0.25) is 0 Å². The Labute approximate surface area is 374 Å². The molecule has 2 aliphatic carbocycles. The lowest BCUT2D eigenvalue weighted by Crippen LogP contribution is -2.32. The summed E-state index contributed by atoms with van der Waals surface area (Å²) < 4.78 is 7.38. The first-order valence-corrected chi connectivity index (χ1v) is 22.2. The molecule has 1 spiro atoms. The summed E-state index contributed by atoms with van der Waals surface area (Å²) in [6.07, 6.45) is 0. The van der Waals surface area contributed by atoms with Gasteiger partial charge in [-0.2, -0.15) is 0 Å². The van der Waals surface area contributed by atoms with E-state index in [9.17, 15) is 0 Å². The molecule has 0 N–H and O–H groups in total. The second-order valence-corrected chi connectivity index (χ2v) is 17.1. The molecule has 0 saturated heterocycles. The SMILES string of the molecule is c1ccc(-c2ccccc2N(c2ccc3c(c2)C(c2ccccc2)(c2ccccc2)c2ccccc2-3)c2cccc3c2Oc2ccccc2C32c3ccccc3-c3ccccc32)cc1. The number of hydrogen-bond acceptors (Lipinski definition) is 2. The maximum Gasteiger partial charge on any atom is 0.156 e. The minimum atomic E-state index is -0.604. The Bertz CT molecular complexity index is 3340. The lowest BCUT2D eigenvalue weighted by atomic mass is 9.66. The minimum Gasteiger partial charge on any atom is -0.454 e. The van der Waals surface area contributed by atoms with Crippen LogP contribution >= 0.6 is 0 Å². The van der Waals surface area contributed by atoms with Crippen molar-refractivity contribution in [2.75, 3.05) is 4.90 Å². The number of para-hydroxylation sites is 3. The van der Waals surface area contributed by atoms with E-state index in [2.05, 4.69) is 254 Å². The number of anilines is 3. The van der Waals surface area contributed by atoms with Gasteiger partial charge in [-0.1, -0.05) is 218 Å². The van der Waals surface area contributed by atoms with Crippen molar-refractivity contribution in [3.05, 3.63) is 293 Å². The monoisotopic (exact) mass is 815 g/mol. The third-order valence-corrected chi connectivity index (χ3v) is 14.0. The molecule has 300 valence electrons. The molecule has 0 aromatic heterocycles. The van der Waals surface area contributed by atoms with Crippen LogP contribution in [0.4, 0.5) is 17.1 Å². The average molecular weight is 816 g/mol. The van der Waals surface area contributed by atoms with E-state index in [0.29, 0.717) is 0 Å².